The average Bonchev–Trinajstić information content (AvgIpc) is 3.03. The third-order valence-corrected chi connectivity index (χ3v) is 3.97. The van der Waals surface area contributed by atoms with Gasteiger partial charge >= 0.3 is 6.09 Å². The van der Waals surface area contributed by atoms with Crippen LogP contribution in [0.4, 0.5) is 4.79 Å². The largest absolute Gasteiger partial charge is 0.444 e. The van der Waals surface area contributed by atoms with Gasteiger partial charge in [-0.15, -0.1) is 0 Å². The molecular weight excluding hydrogens is 344 g/mol. The molecular formula is C18H21ClN2O4. The molecule has 6 nitrogen and oxygen atoms in total. The quantitative estimate of drug-likeness (QED) is 0.794. The number of amides is 1. The first-order valence-corrected chi connectivity index (χ1v) is 8.51. The first-order chi connectivity index (χ1) is 11.8. The number of morpholine rings is 1. The molecule has 1 aliphatic heterocycles. The van der Waals surface area contributed by atoms with E-state index in [1.54, 1.807) is 17.0 Å². The first kappa shape index (κ1) is 17.8. The fraction of sp³-hybridized carbons (Fsp3) is 0.444. The third kappa shape index (κ3) is 4.32. The van der Waals surface area contributed by atoms with Crippen molar-refractivity contribution < 1.29 is 18.8 Å². The molecule has 2 aromatic rings. The van der Waals surface area contributed by atoms with Crippen LogP contribution in [0.3, 0.4) is 0 Å². The Bertz CT molecular complexity index is 754. The van der Waals surface area contributed by atoms with Crippen LogP contribution < -0.4 is 0 Å². The Labute approximate surface area is 151 Å². The molecule has 1 unspecified atom stereocenters. The smallest absolute Gasteiger partial charge is 0.411 e. The lowest BCUT2D eigenvalue weighted by Gasteiger charge is -2.35. The van der Waals surface area contributed by atoms with Gasteiger partial charge in [0.05, 0.1) is 13.2 Å². The van der Waals surface area contributed by atoms with E-state index in [0.717, 1.165) is 5.56 Å². The number of aromatic nitrogens is 1. The van der Waals surface area contributed by atoms with Gasteiger partial charge in [0.15, 0.2) is 5.76 Å². The van der Waals surface area contributed by atoms with Crippen molar-refractivity contribution in [2.45, 2.75) is 32.4 Å². The van der Waals surface area contributed by atoms with Gasteiger partial charge in [-0.2, -0.15) is 0 Å². The Morgan fingerprint density at radius 3 is 2.88 bits per heavy atom. The van der Waals surface area contributed by atoms with Crippen LogP contribution in [0, 0.1) is 0 Å². The molecule has 1 saturated heterocycles. The van der Waals surface area contributed by atoms with Gasteiger partial charge in [-0.25, -0.2) is 4.79 Å². The Morgan fingerprint density at radius 1 is 1.36 bits per heavy atom. The predicted molar refractivity (Wildman–Crippen MR) is 93.4 cm³/mol. The molecule has 2 heterocycles. The van der Waals surface area contributed by atoms with Crippen LogP contribution in [0.5, 0.6) is 0 Å². The summed E-state index contributed by atoms with van der Waals surface area (Å²) in [7, 11) is 0. The summed E-state index contributed by atoms with van der Waals surface area (Å²) in [5.41, 5.74) is 0.891. The highest BCUT2D eigenvalue weighted by molar-refractivity contribution is 6.30. The van der Waals surface area contributed by atoms with Crippen molar-refractivity contribution in [3.63, 3.8) is 0 Å². The number of halogens is 1. The van der Waals surface area contributed by atoms with E-state index >= 15 is 0 Å². The number of nitrogens with zero attached hydrogens (tertiary/aromatic N) is 2. The Morgan fingerprint density at radius 2 is 2.16 bits per heavy atom. The summed E-state index contributed by atoms with van der Waals surface area (Å²) >= 11 is 6.02. The van der Waals surface area contributed by atoms with Crippen molar-refractivity contribution in [2.24, 2.45) is 0 Å². The molecule has 3 rings (SSSR count). The Hall–Kier alpha value is -2.05. The summed E-state index contributed by atoms with van der Waals surface area (Å²) in [6, 6.07) is 8.79. The fourth-order valence-electron chi connectivity index (χ4n) is 2.61. The molecule has 1 aromatic carbocycles. The molecule has 1 fully saturated rings. The summed E-state index contributed by atoms with van der Waals surface area (Å²) in [4.78, 5) is 14.1. The van der Waals surface area contributed by atoms with E-state index in [1.807, 2.05) is 39.0 Å². The molecule has 1 aliphatic rings. The van der Waals surface area contributed by atoms with E-state index in [-0.39, 0.29) is 12.1 Å². The molecule has 0 saturated carbocycles. The van der Waals surface area contributed by atoms with E-state index in [1.165, 1.54) is 0 Å². The van der Waals surface area contributed by atoms with Gasteiger partial charge in [-0.05, 0) is 32.9 Å². The topological polar surface area (TPSA) is 64.8 Å². The van der Waals surface area contributed by atoms with E-state index in [2.05, 4.69) is 5.16 Å². The summed E-state index contributed by atoms with van der Waals surface area (Å²) < 4.78 is 16.5. The molecule has 7 heteroatoms. The van der Waals surface area contributed by atoms with Crippen molar-refractivity contribution >= 4 is 17.7 Å². The van der Waals surface area contributed by atoms with Crippen LogP contribution >= 0.6 is 11.6 Å². The zero-order chi connectivity index (χ0) is 18.0. The normalized spacial score (nSPS) is 18.2. The third-order valence-electron chi connectivity index (χ3n) is 3.74. The van der Waals surface area contributed by atoms with E-state index in [4.69, 9.17) is 25.6 Å². The van der Waals surface area contributed by atoms with Crippen LogP contribution in [0.15, 0.2) is 34.9 Å². The number of rotatable bonds is 2. The maximum atomic E-state index is 12.5. The molecule has 1 atom stereocenters. The number of carbonyl (C=O) groups excluding carboxylic acids is 1. The molecule has 134 valence electrons. The van der Waals surface area contributed by atoms with Gasteiger partial charge in [0.25, 0.3) is 0 Å². The maximum absolute atomic E-state index is 12.5. The monoisotopic (exact) mass is 364 g/mol. The number of hydrogen-bond acceptors (Lipinski definition) is 5. The second-order valence-corrected chi connectivity index (χ2v) is 7.33. The maximum Gasteiger partial charge on any atom is 0.411 e. The van der Waals surface area contributed by atoms with Gasteiger partial charge in [-0.1, -0.05) is 28.9 Å². The van der Waals surface area contributed by atoms with Crippen LogP contribution in [0.25, 0.3) is 11.3 Å². The molecule has 1 aromatic heterocycles. The molecule has 0 radical (unpaired) electrons. The lowest BCUT2D eigenvalue weighted by atomic mass is 10.1. The van der Waals surface area contributed by atoms with Crippen molar-refractivity contribution in [2.75, 3.05) is 19.8 Å². The van der Waals surface area contributed by atoms with Crippen molar-refractivity contribution in [3.05, 3.63) is 41.0 Å². The standard InChI is InChI=1S/C18H21ClN2O4/c1-18(2,3)24-17(22)21-7-8-23-11-15(21)14-10-16(25-20-14)12-5-4-6-13(19)9-12/h4-6,9-10,15H,7-8,11H2,1-3H3. The van der Waals surface area contributed by atoms with E-state index in [9.17, 15) is 4.79 Å². The minimum absolute atomic E-state index is 0.347. The summed E-state index contributed by atoms with van der Waals surface area (Å²) in [5, 5.41) is 4.74. The van der Waals surface area contributed by atoms with Crippen molar-refractivity contribution in [1.29, 1.82) is 0 Å². The van der Waals surface area contributed by atoms with Gasteiger partial charge in [0.2, 0.25) is 0 Å². The zero-order valence-corrected chi connectivity index (χ0v) is 15.2. The Balaban J connectivity index is 1.82. The number of hydrogen-bond donors (Lipinski definition) is 0. The number of ether oxygens (including phenoxy) is 2. The molecule has 0 N–H and O–H groups in total. The van der Waals surface area contributed by atoms with Gasteiger partial charge < -0.3 is 14.0 Å². The van der Waals surface area contributed by atoms with Crippen LogP contribution in [-0.2, 0) is 9.47 Å². The second kappa shape index (κ2) is 7.06. The highest BCUT2D eigenvalue weighted by atomic mass is 35.5. The second-order valence-electron chi connectivity index (χ2n) is 6.89. The van der Waals surface area contributed by atoms with Gasteiger partial charge in [-0.3, -0.25) is 4.90 Å². The molecule has 0 spiro atoms. The highest BCUT2D eigenvalue weighted by Gasteiger charge is 2.34. The van der Waals surface area contributed by atoms with Crippen LogP contribution in [-0.4, -0.2) is 41.5 Å². The van der Waals surface area contributed by atoms with E-state index in [0.29, 0.717) is 36.2 Å². The Kier molecular flexibility index (Phi) is 5.01. The lowest BCUT2D eigenvalue weighted by Crippen LogP contribution is -2.45. The summed E-state index contributed by atoms with van der Waals surface area (Å²) in [6.45, 7) is 6.78. The number of carbonyl (C=O) groups is 1. The van der Waals surface area contributed by atoms with Crippen LogP contribution in [0.1, 0.15) is 32.5 Å². The molecule has 0 bridgehead atoms. The fourth-order valence-corrected chi connectivity index (χ4v) is 2.80. The zero-order valence-electron chi connectivity index (χ0n) is 14.5. The molecule has 0 aliphatic carbocycles. The lowest BCUT2D eigenvalue weighted by molar-refractivity contribution is -0.0346. The predicted octanol–water partition coefficient (Wildman–Crippen LogP) is 4.30. The highest BCUT2D eigenvalue weighted by Crippen LogP contribution is 2.30. The first-order valence-electron chi connectivity index (χ1n) is 8.13. The van der Waals surface area contributed by atoms with Gasteiger partial charge in [0.1, 0.15) is 17.3 Å². The van der Waals surface area contributed by atoms with Crippen molar-refractivity contribution in [3.8, 4) is 11.3 Å². The van der Waals surface area contributed by atoms with Crippen molar-refractivity contribution in [1.82, 2.24) is 10.1 Å². The summed E-state index contributed by atoms with van der Waals surface area (Å²) in [5.74, 6) is 0.590. The molecule has 25 heavy (non-hydrogen) atoms. The minimum atomic E-state index is -0.560. The van der Waals surface area contributed by atoms with E-state index < -0.39 is 5.60 Å². The average molecular weight is 365 g/mol. The minimum Gasteiger partial charge on any atom is -0.444 e. The number of benzene rings is 1. The van der Waals surface area contributed by atoms with Gasteiger partial charge in [0, 0.05) is 23.2 Å². The SMILES string of the molecule is CC(C)(C)OC(=O)N1CCOCC1c1cc(-c2cccc(Cl)c2)on1. The van der Waals surface area contributed by atoms with Crippen LogP contribution in [0.2, 0.25) is 5.02 Å². The summed E-state index contributed by atoms with van der Waals surface area (Å²) in [6.07, 6.45) is -0.381. The molecule has 1 amide bonds.